The van der Waals surface area contributed by atoms with Gasteiger partial charge in [-0.15, -0.1) is 0 Å². The molecule has 1 N–H and O–H groups in total. The lowest BCUT2D eigenvalue weighted by Crippen LogP contribution is -2.13. The predicted molar refractivity (Wildman–Crippen MR) is 73.0 cm³/mol. The molecule has 1 aromatic heterocycles. The highest BCUT2D eigenvalue weighted by atomic mass is 79.9. The first-order chi connectivity index (χ1) is 9.56. The first kappa shape index (κ1) is 14.4. The van der Waals surface area contributed by atoms with Crippen LogP contribution in [-0.4, -0.2) is 17.5 Å². The van der Waals surface area contributed by atoms with Crippen LogP contribution in [0.4, 0.5) is 14.5 Å². The summed E-state index contributed by atoms with van der Waals surface area (Å²) in [6, 6.07) is 8.88. The van der Waals surface area contributed by atoms with Gasteiger partial charge in [-0.05, 0) is 46.3 Å². The first-order valence-electron chi connectivity index (χ1n) is 5.53. The number of aromatic nitrogens is 1. The molecule has 0 aliphatic rings. The standard InChI is InChI=1S/C13H9BrF2N2O2/c14-11-10(5-2-6-17-11)18-12(19)8-3-1-4-9(7-8)20-13(15)16/h1-7,13H,(H,18,19). The fourth-order valence-electron chi connectivity index (χ4n) is 1.49. The van der Waals surface area contributed by atoms with Crippen LogP contribution in [0, 0.1) is 0 Å². The third kappa shape index (κ3) is 3.74. The quantitative estimate of drug-likeness (QED) is 0.862. The van der Waals surface area contributed by atoms with Crippen molar-refractivity contribution in [2.75, 3.05) is 5.32 Å². The molecule has 1 aromatic carbocycles. The Morgan fingerprint density at radius 2 is 2.10 bits per heavy atom. The Hall–Kier alpha value is -2.02. The van der Waals surface area contributed by atoms with Gasteiger partial charge in [0.25, 0.3) is 5.91 Å². The Balaban J connectivity index is 2.15. The van der Waals surface area contributed by atoms with Gasteiger partial charge in [0.15, 0.2) is 0 Å². The minimum atomic E-state index is -2.93. The highest BCUT2D eigenvalue weighted by Crippen LogP contribution is 2.21. The lowest BCUT2D eigenvalue weighted by molar-refractivity contribution is -0.0498. The molecular weight excluding hydrogens is 334 g/mol. The Morgan fingerprint density at radius 3 is 2.80 bits per heavy atom. The average molecular weight is 343 g/mol. The van der Waals surface area contributed by atoms with Crippen LogP contribution in [-0.2, 0) is 0 Å². The minimum Gasteiger partial charge on any atom is -0.435 e. The molecule has 0 bridgehead atoms. The number of hydrogen-bond acceptors (Lipinski definition) is 3. The maximum absolute atomic E-state index is 12.1. The lowest BCUT2D eigenvalue weighted by atomic mass is 10.2. The second kappa shape index (κ2) is 6.42. The molecule has 0 saturated carbocycles. The SMILES string of the molecule is O=C(Nc1cccnc1Br)c1cccc(OC(F)F)c1. The molecule has 4 nitrogen and oxygen atoms in total. The number of alkyl halides is 2. The molecule has 0 unspecified atom stereocenters. The number of nitrogens with one attached hydrogen (secondary N) is 1. The van der Waals surface area contributed by atoms with E-state index < -0.39 is 12.5 Å². The second-order valence-electron chi connectivity index (χ2n) is 3.70. The summed E-state index contributed by atoms with van der Waals surface area (Å²) in [6.45, 7) is -2.93. The summed E-state index contributed by atoms with van der Waals surface area (Å²) in [5, 5.41) is 2.62. The summed E-state index contributed by atoms with van der Waals surface area (Å²) in [6.07, 6.45) is 1.57. The van der Waals surface area contributed by atoms with Crippen molar-refractivity contribution in [3.63, 3.8) is 0 Å². The third-order valence-electron chi connectivity index (χ3n) is 2.33. The second-order valence-corrected chi connectivity index (χ2v) is 4.45. The lowest BCUT2D eigenvalue weighted by Gasteiger charge is -2.08. The van der Waals surface area contributed by atoms with E-state index in [9.17, 15) is 13.6 Å². The fraction of sp³-hybridized carbons (Fsp3) is 0.0769. The van der Waals surface area contributed by atoms with Gasteiger partial charge in [-0.3, -0.25) is 4.79 Å². The predicted octanol–water partition coefficient (Wildman–Crippen LogP) is 3.70. The number of pyridine rings is 1. The number of carbonyl (C=O) groups is 1. The molecule has 0 spiro atoms. The van der Waals surface area contributed by atoms with E-state index in [1.54, 1.807) is 18.3 Å². The van der Waals surface area contributed by atoms with Crippen molar-refractivity contribution in [3.8, 4) is 5.75 Å². The van der Waals surface area contributed by atoms with Crippen LogP contribution in [0.25, 0.3) is 0 Å². The zero-order chi connectivity index (χ0) is 14.5. The van der Waals surface area contributed by atoms with E-state index in [1.807, 2.05) is 0 Å². The van der Waals surface area contributed by atoms with Crippen LogP contribution in [0.5, 0.6) is 5.75 Å². The van der Waals surface area contributed by atoms with Crippen molar-refractivity contribution in [3.05, 3.63) is 52.8 Å². The molecule has 2 aromatic rings. The van der Waals surface area contributed by atoms with Gasteiger partial charge in [0, 0.05) is 11.8 Å². The maximum Gasteiger partial charge on any atom is 0.387 e. The molecule has 0 aliphatic heterocycles. The van der Waals surface area contributed by atoms with Gasteiger partial charge in [0.05, 0.1) is 5.69 Å². The molecule has 0 radical (unpaired) electrons. The van der Waals surface area contributed by atoms with Gasteiger partial charge in [-0.1, -0.05) is 6.07 Å². The van der Waals surface area contributed by atoms with Gasteiger partial charge in [0.2, 0.25) is 0 Å². The average Bonchev–Trinajstić information content (AvgIpc) is 2.41. The first-order valence-corrected chi connectivity index (χ1v) is 6.32. The summed E-state index contributed by atoms with van der Waals surface area (Å²) < 4.78 is 29.0. The van der Waals surface area contributed by atoms with E-state index in [-0.39, 0.29) is 11.3 Å². The maximum atomic E-state index is 12.1. The van der Waals surface area contributed by atoms with Crippen molar-refractivity contribution < 1.29 is 18.3 Å². The van der Waals surface area contributed by atoms with Gasteiger partial charge in [-0.25, -0.2) is 4.98 Å². The smallest absolute Gasteiger partial charge is 0.387 e. The number of benzene rings is 1. The summed E-state index contributed by atoms with van der Waals surface area (Å²) >= 11 is 3.19. The van der Waals surface area contributed by atoms with Crippen molar-refractivity contribution in [1.82, 2.24) is 4.98 Å². The van der Waals surface area contributed by atoms with Crippen molar-refractivity contribution in [2.45, 2.75) is 6.61 Å². The molecule has 7 heteroatoms. The number of hydrogen-bond donors (Lipinski definition) is 1. The van der Waals surface area contributed by atoms with Crippen molar-refractivity contribution >= 4 is 27.5 Å². The van der Waals surface area contributed by atoms with E-state index in [0.29, 0.717) is 10.3 Å². The molecular formula is C13H9BrF2N2O2. The van der Waals surface area contributed by atoms with Gasteiger partial charge in [0.1, 0.15) is 10.4 Å². The highest BCUT2D eigenvalue weighted by Gasteiger charge is 2.11. The summed E-state index contributed by atoms with van der Waals surface area (Å²) in [4.78, 5) is 16.0. The van der Waals surface area contributed by atoms with Gasteiger partial charge < -0.3 is 10.1 Å². The van der Waals surface area contributed by atoms with Crippen LogP contribution in [0.3, 0.4) is 0 Å². The van der Waals surface area contributed by atoms with Crippen LogP contribution in [0.2, 0.25) is 0 Å². The number of nitrogens with zero attached hydrogens (tertiary/aromatic N) is 1. The number of ether oxygens (including phenoxy) is 1. The largest absolute Gasteiger partial charge is 0.435 e. The molecule has 2 rings (SSSR count). The highest BCUT2D eigenvalue weighted by molar-refractivity contribution is 9.10. The third-order valence-corrected chi connectivity index (χ3v) is 2.96. The van der Waals surface area contributed by atoms with E-state index in [1.165, 1.54) is 24.3 Å². The van der Waals surface area contributed by atoms with Crippen molar-refractivity contribution in [1.29, 1.82) is 0 Å². The topological polar surface area (TPSA) is 51.2 Å². The molecule has 1 heterocycles. The van der Waals surface area contributed by atoms with Crippen molar-refractivity contribution in [2.24, 2.45) is 0 Å². The molecule has 20 heavy (non-hydrogen) atoms. The zero-order valence-corrected chi connectivity index (χ0v) is 11.6. The molecule has 1 amide bonds. The molecule has 0 saturated heterocycles. The van der Waals surface area contributed by atoms with E-state index in [0.717, 1.165) is 0 Å². The van der Waals surface area contributed by atoms with E-state index >= 15 is 0 Å². The molecule has 0 fully saturated rings. The van der Waals surface area contributed by atoms with Crippen LogP contribution >= 0.6 is 15.9 Å². The Morgan fingerprint density at radius 1 is 1.30 bits per heavy atom. The minimum absolute atomic E-state index is 0.0714. The fourth-order valence-corrected chi connectivity index (χ4v) is 1.84. The Bertz CT molecular complexity index is 623. The monoisotopic (exact) mass is 342 g/mol. The summed E-state index contributed by atoms with van der Waals surface area (Å²) in [5.41, 5.74) is 0.691. The van der Waals surface area contributed by atoms with Gasteiger partial charge in [-0.2, -0.15) is 8.78 Å². The Labute approximate surface area is 121 Å². The number of carbonyl (C=O) groups excluding carboxylic acids is 1. The van der Waals surface area contributed by atoms with Crippen LogP contribution in [0.1, 0.15) is 10.4 Å². The molecule has 0 aliphatic carbocycles. The number of anilines is 1. The molecule has 104 valence electrons. The summed E-state index contributed by atoms with van der Waals surface area (Å²) in [7, 11) is 0. The van der Waals surface area contributed by atoms with E-state index in [2.05, 4.69) is 31.0 Å². The van der Waals surface area contributed by atoms with Crippen LogP contribution < -0.4 is 10.1 Å². The number of halogens is 3. The normalized spacial score (nSPS) is 10.4. The Kier molecular flexibility index (Phi) is 4.62. The summed E-state index contributed by atoms with van der Waals surface area (Å²) in [5.74, 6) is -0.517. The number of rotatable bonds is 4. The van der Waals surface area contributed by atoms with Crippen LogP contribution in [0.15, 0.2) is 47.2 Å². The zero-order valence-electron chi connectivity index (χ0n) is 10.0. The van der Waals surface area contributed by atoms with E-state index in [4.69, 9.17) is 0 Å². The van der Waals surface area contributed by atoms with Gasteiger partial charge >= 0.3 is 6.61 Å². The number of amides is 1. The molecule has 0 atom stereocenters.